The number of sulfonamides is 1. The number of hydrogen-bond donors (Lipinski definition) is 1. The second kappa shape index (κ2) is 11.9. The second-order valence-electron chi connectivity index (χ2n) is 9.27. The number of carbonyl (C=O) groups excluding carboxylic acids is 1. The third-order valence-corrected chi connectivity index (χ3v) is 8.55. The summed E-state index contributed by atoms with van der Waals surface area (Å²) in [5.74, 6) is -0.505. The third-order valence-electron chi connectivity index (χ3n) is 6.66. The number of nitrogens with zero attached hydrogens (tertiary/aromatic N) is 4. The molecule has 2 aromatic carbocycles. The van der Waals surface area contributed by atoms with Crippen molar-refractivity contribution in [3.05, 3.63) is 71.9 Å². The van der Waals surface area contributed by atoms with Crippen molar-refractivity contribution in [2.75, 3.05) is 39.5 Å². The molecule has 0 radical (unpaired) electrons. The van der Waals surface area contributed by atoms with Gasteiger partial charge in [-0.2, -0.15) is 14.7 Å². The summed E-state index contributed by atoms with van der Waals surface area (Å²) in [5.41, 5.74) is 2.18. The van der Waals surface area contributed by atoms with Gasteiger partial charge in [0.15, 0.2) is 0 Å². The van der Waals surface area contributed by atoms with Gasteiger partial charge in [0, 0.05) is 43.6 Å². The van der Waals surface area contributed by atoms with Crippen molar-refractivity contribution in [1.29, 1.82) is 5.26 Å². The van der Waals surface area contributed by atoms with Gasteiger partial charge in [-0.25, -0.2) is 13.1 Å². The Balaban J connectivity index is 1.51. The van der Waals surface area contributed by atoms with E-state index in [0.717, 1.165) is 18.5 Å². The molecule has 5 rings (SSSR count). The van der Waals surface area contributed by atoms with Crippen molar-refractivity contribution in [3.8, 4) is 23.0 Å². The second-order valence-corrected chi connectivity index (χ2v) is 11.2. The largest absolute Gasteiger partial charge is 0.379 e. The lowest BCUT2D eigenvalue weighted by Gasteiger charge is -2.26. The zero-order chi connectivity index (χ0) is 27.2. The Kier molecular flexibility index (Phi) is 8.18. The van der Waals surface area contributed by atoms with E-state index in [4.69, 9.17) is 14.6 Å². The SMILES string of the molecule is N#C/C(=C\c1cn(-c2ccccc2)nc1-c1cccc(S(=O)(=O)N2CCOCC2)c1)C(=O)NC[C@H]1CCCO1. The van der Waals surface area contributed by atoms with Gasteiger partial charge >= 0.3 is 0 Å². The van der Waals surface area contributed by atoms with E-state index in [9.17, 15) is 18.5 Å². The number of amides is 1. The number of ether oxygens (including phenoxy) is 2. The highest BCUT2D eigenvalue weighted by molar-refractivity contribution is 7.89. The molecule has 0 bridgehead atoms. The van der Waals surface area contributed by atoms with Crippen LogP contribution in [0.1, 0.15) is 18.4 Å². The minimum Gasteiger partial charge on any atom is -0.379 e. The first-order chi connectivity index (χ1) is 19.0. The van der Waals surface area contributed by atoms with Gasteiger partial charge in [0.05, 0.1) is 29.9 Å². The zero-order valence-electron chi connectivity index (χ0n) is 21.3. The van der Waals surface area contributed by atoms with Gasteiger partial charge in [0.2, 0.25) is 10.0 Å². The molecule has 39 heavy (non-hydrogen) atoms. The summed E-state index contributed by atoms with van der Waals surface area (Å²) in [6, 6.07) is 17.9. The maximum atomic E-state index is 13.3. The number of rotatable bonds is 8. The number of aromatic nitrogens is 2. The van der Waals surface area contributed by atoms with Gasteiger partial charge in [-0.1, -0.05) is 30.3 Å². The first kappa shape index (κ1) is 26.8. The molecule has 2 aliphatic rings. The summed E-state index contributed by atoms with van der Waals surface area (Å²) in [6.45, 7) is 2.27. The fraction of sp³-hybridized carbons (Fsp3) is 0.321. The van der Waals surface area contributed by atoms with Crippen molar-refractivity contribution in [2.24, 2.45) is 0 Å². The highest BCUT2D eigenvalue weighted by Crippen LogP contribution is 2.29. The molecule has 0 saturated carbocycles. The van der Waals surface area contributed by atoms with Crippen LogP contribution in [0.15, 0.2) is 71.3 Å². The molecular weight excluding hydrogens is 518 g/mol. The van der Waals surface area contributed by atoms with E-state index in [2.05, 4.69) is 5.32 Å². The summed E-state index contributed by atoms with van der Waals surface area (Å²) in [4.78, 5) is 13.0. The predicted octanol–water partition coefficient (Wildman–Crippen LogP) is 2.76. The van der Waals surface area contributed by atoms with Crippen LogP contribution in [0.25, 0.3) is 23.0 Å². The molecule has 0 aliphatic carbocycles. The third kappa shape index (κ3) is 6.10. The lowest BCUT2D eigenvalue weighted by atomic mass is 10.1. The quantitative estimate of drug-likeness (QED) is 0.339. The van der Waals surface area contributed by atoms with Gasteiger partial charge in [-0.05, 0) is 43.2 Å². The molecule has 1 N–H and O–H groups in total. The van der Waals surface area contributed by atoms with Crippen LogP contribution in [-0.2, 0) is 24.3 Å². The fourth-order valence-corrected chi connectivity index (χ4v) is 6.04. The molecule has 3 heterocycles. The van der Waals surface area contributed by atoms with Gasteiger partial charge in [0.1, 0.15) is 17.3 Å². The van der Waals surface area contributed by atoms with E-state index in [1.54, 1.807) is 35.1 Å². The van der Waals surface area contributed by atoms with Crippen LogP contribution in [0.5, 0.6) is 0 Å². The molecule has 2 fully saturated rings. The van der Waals surface area contributed by atoms with E-state index < -0.39 is 15.9 Å². The lowest BCUT2D eigenvalue weighted by molar-refractivity contribution is -0.117. The van der Waals surface area contributed by atoms with Crippen LogP contribution in [-0.4, -0.2) is 74.0 Å². The Bertz CT molecular complexity index is 1500. The van der Waals surface area contributed by atoms with Gasteiger partial charge in [0.25, 0.3) is 5.91 Å². The molecule has 3 aromatic rings. The molecule has 0 spiro atoms. The van der Waals surface area contributed by atoms with Crippen LogP contribution < -0.4 is 5.32 Å². The Morgan fingerprint density at radius 2 is 1.92 bits per heavy atom. The smallest absolute Gasteiger partial charge is 0.262 e. The van der Waals surface area contributed by atoms with E-state index >= 15 is 0 Å². The number of nitrogens with one attached hydrogen (secondary N) is 1. The highest BCUT2D eigenvalue weighted by Gasteiger charge is 2.27. The van der Waals surface area contributed by atoms with Crippen LogP contribution in [0.2, 0.25) is 0 Å². The van der Waals surface area contributed by atoms with Crippen molar-refractivity contribution < 1.29 is 22.7 Å². The zero-order valence-corrected chi connectivity index (χ0v) is 22.1. The lowest BCUT2D eigenvalue weighted by Crippen LogP contribution is -2.40. The molecule has 1 atom stereocenters. The van der Waals surface area contributed by atoms with Gasteiger partial charge in [-0.3, -0.25) is 4.79 Å². The summed E-state index contributed by atoms with van der Waals surface area (Å²) in [7, 11) is -3.73. The first-order valence-electron chi connectivity index (χ1n) is 12.8. The summed E-state index contributed by atoms with van der Waals surface area (Å²) >= 11 is 0. The van der Waals surface area contributed by atoms with Crippen molar-refractivity contribution in [2.45, 2.75) is 23.8 Å². The van der Waals surface area contributed by atoms with Crippen molar-refractivity contribution >= 4 is 22.0 Å². The molecule has 0 unspecified atom stereocenters. The summed E-state index contributed by atoms with van der Waals surface area (Å²) in [5, 5.41) is 17.3. The number of para-hydroxylation sites is 1. The standard InChI is InChI=1S/C28H29N5O5S/c29-18-22(28(34)30-19-25-9-5-13-38-25)16-23-20-33(24-7-2-1-3-8-24)31-27(23)21-6-4-10-26(17-21)39(35,36)32-11-14-37-15-12-32/h1-4,6-8,10,16-17,20,25H,5,9,11-15,19H2,(H,30,34)/b22-16+/t25-/m1/s1. The monoisotopic (exact) mass is 547 g/mol. The van der Waals surface area contributed by atoms with Crippen LogP contribution in [0.4, 0.5) is 0 Å². The van der Waals surface area contributed by atoms with E-state index in [1.807, 2.05) is 36.4 Å². The number of hydrogen-bond acceptors (Lipinski definition) is 7. The maximum absolute atomic E-state index is 13.3. The molecule has 2 saturated heterocycles. The van der Waals surface area contributed by atoms with Gasteiger partial charge < -0.3 is 14.8 Å². The van der Waals surface area contributed by atoms with Crippen LogP contribution in [0, 0.1) is 11.3 Å². The van der Waals surface area contributed by atoms with E-state index in [1.165, 1.54) is 10.4 Å². The molecule has 1 amide bonds. The molecule has 1 aromatic heterocycles. The number of benzene rings is 2. The topological polar surface area (TPSA) is 127 Å². The van der Waals surface area contributed by atoms with Crippen LogP contribution in [0.3, 0.4) is 0 Å². The predicted molar refractivity (Wildman–Crippen MR) is 144 cm³/mol. The number of carbonyl (C=O) groups is 1. The van der Waals surface area contributed by atoms with Crippen molar-refractivity contribution in [3.63, 3.8) is 0 Å². The Morgan fingerprint density at radius 3 is 2.64 bits per heavy atom. The Morgan fingerprint density at radius 1 is 1.13 bits per heavy atom. The average Bonchev–Trinajstić information content (AvgIpc) is 3.66. The summed E-state index contributed by atoms with van der Waals surface area (Å²) in [6.07, 6.45) is 4.96. The minimum atomic E-state index is -3.73. The molecule has 202 valence electrons. The minimum absolute atomic E-state index is 0.0542. The van der Waals surface area contributed by atoms with E-state index in [0.29, 0.717) is 43.2 Å². The van der Waals surface area contributed by atoms with Crippen LogP contribution >= 0.6 is 0 Å². The molecule has 10 nitrogen and oxygen atoms in total. The first-order valence-corrected chi connectivity index (χ1v) is 14.2. The number of nitriles is 1. The van der Waals surface area contributed by atoms with E-state index in [-0.39, 0.29) is 29.7 Å². The van der Waals surface area contributed by atoms with Gasteiger partial charge in [-0.15, -0.1) is 0 Å². The van der Waals surface area contributed by atoms with Crippen molar-refractivity contribution in [1.82, 2.24) is 19.4 Å². The Labute approximate surface area is 227 Å². The highest BCUT2D eigenvalue weighted by atomic mass is 32.2. The summed E-state index contributed by atoms with van der Waals surface area (Å²) < 4.78 is 40.5. The molecule has 2 aliphatic heterocycles. The average molecular weight is 548 g/mol. The maximum Gasteiger partial charge on any atom is 0.262 e. The number of morpholine rings is 1. The molecule has 11 heteroatoms. The molecular formula is C28H29N5O5S. The fourth-order valence-electron chi connectivity index (χ4n) is 4.58. The Hall–Kier alpha value is -3.82. The normalized spacial score (nSPS) is 18.5.